The fraction of sp³-hybridized carbons (Fsp3) is 0.636. The molecule has 0 atom stereocenters. The molecule has 0 saturated carbocycles. The van der Waals surface area contributed by atoms with Gasteiger partial charge < -0.3 is 10.6 Å². The molecule has 0 unspecified atom stereocenters. The smallest absolute Gasteiger partial charge is 0.229 e. The average molecular weight is 241 g/mol. The number of amides is 1. The van der Waals surface area contributed by atoms with Crippen LogP contribution in [-0.2, 0) is 11.3 Å². The number of rotatable bonds is 4. The van der Waals surface area contributed by atoms with E-state index >= 15 is 0 Å². The van der Waals surface area contributed by atoms with Crippen LogP contribution in [0.2, 0.25) is 0 Å². The van der Waals surface area contributed by atoms with E-state index in [9.17, 15) is 4.79 Å². The second kappa shape index (κ2) is 4.93. The number of carbonyl (C=O) groups excluding carboxylic acids is 1. The van der Waals surface area contributed by atoms with Crippen LogP contribution in [-0.4, -0.2) is 29.4 Å². The van der Waals surface area contributed by atoms with Gasteiger partial charge in [-0.15, -0.1) is 11.3 Å². The van der Waals surface area contributed by atoms with Crippen molar-refractivity contribution in [3.8, 4) is 0 Å². The predicted molar refractivity (Wildman–Crippen MR) is 66.2 cm³/mol. The summed E-state index contributed by atoms with van der Waals surface area (Å²) in [5, 5.41) is 1.02. The van der Waals surface area contributed by atoms with Crippen LogP contribution in [0.25, 0.3) is 0 Å². The zero-order valence-electron chi connectivity index (χ0n) is 10.3. The molecule has 0 aromatic carbocycles. The van der Waals surface area contributed by atoms with Crippen molar-refractivity contribution in [2.75, 3.05) is 13.6 Å². The van der Waals surface area contributed by atoms with Gasteiger partial charge in [0.05, 0.1) is 17.0 Å². The maximum Gasteiger partial charge on any atom is 0.229 e. The number of hydrogen-bond donors (Lipinski definition) is 1. The lowest BCUT2D eigenvalue weighted by molar-refractivity contribution is -0.138. The van der Waals surface area contributed by atoms with E-state index in [-0.39, 0.29) is 5.91 Å². The van der Waals surface area contributed by atoms with Gasteiger partial charge in [-0.05, 0) is 20.8 Å². The van der Waals surface area contributed by atoms with Crippen molar-refractivity contribution in [2.24, 2.45) is 11.1 Å². The minimum absolute atomic E-state index is 0.0704. The first-order valence-electron chi connectivity index (χ1n) is 5.24. The van der Waals surface area contributed by atoms with E-state index in [2.05, 4.69) is 4.98 Å². The number of hydrogen-bond acceptors (Lipinski definition) is 4. The zero-order chi connectivity index (χ0) is 12.3. The van der Waals surface area contributed by atoms with E-state index < -0.39 is 5.41 Å². The van der Waals surface area contributed by atoms with Crippen molar-refractivity contribution < 1.29 is 4.79 Å². The molecule has 1 aromatic heterocycles. The third-order valence-corrected chi connectivity index (χ3v) is 3.40. The fourth-order valence-corrected chi connectivity index (χ4v) is 2.24. The van der Waals surface area contributed by atoms with Crippen LogP contribution >= 0.6 is 11.3 Å². The third-order valence-electron chi connectivity index (χ3n) is 2.50. The highest BCUT2D eigenvalue weighted by molar-refractivity contribution is 7.11. The van der Waals surface area contributed by atoms with Gasteiger partial charge in [-0.2, -0.15) is 0 Å². The van der Waals surface area contributed by atoms with Crippen LogP contribution in [0.1, 0.15) is 23.7 Å². The highest BCUT2D eigenvalue weighted by atomic mass is 32.1. The van der Waals surface area contributed by atoms with Gasteiger partial charge in [0.15, 0.2) is 0 Å². The largest absolute Gasteiger partial charge is 0.340 e. The molecule has 1 heterocycles. The first kappa shape index (κ1) is 13.1. The SMILES string of the molecule is Cc1ncc(CN(C)C(=O)C(C)(C)CN)s1. The molecule has 0 radical (unpaired) electrons. The molecule has 0 saturated heterocycles. The lowest BCUT2D eigenvalue weighted by Gasteiger charge is -2.27. The highest BCUT2D eigenvalue weighted by Gasteiger charge is 2.28. The second-order valence-electron chi connectivity index (χ2n) is 4.59. The Morgan fingerprint density at radius 1 is 1.62 bits per heavy atom. The van der Waals surface area contributed by atoms with Crippen molar-refractivity contribution in [1.82, 2.24) is 9.88 Å². The van der Waals surface area contributed by atoms with Gasteiger partial charge in [-0.25, -0.2) is 4.98 Å². The van der Waals surface area contributed by atoms with E-state index in [0.29, 0.717) is 13.1 Å². The van der Waals surface area contributed by atoms with Crippen LogP contribution < -0.4 is 5.73 Å². The predicted octanol–water partition coefficient (Wildman–Crippen LogP) is 1.39. The summed E-state index contributed by atoms with van der Waals surface area (Å²) >= 11 is 1.62. The number of nitrogens with two attached hydrogens (primary N) is 1. The van der Waals surface area contributed by atoms with Gasteiger partial charge in [-0.3, -0.25) is 4.79 Å². The van der Waals surface area contributed by atoms with Crippen LogP contribution in [0.4, 0.5) is 0 Å². The number of carbonyl (C=O) groups is 1. The lowest BCUT2D eigenvalue weighted by Crippen LogP contribution is -2.42. The van der Waals surface area contributed by atoms with Crippen molar-refractivity contribution in [1.29, 1.82) is 0 Å². The Morgan fingerprint density at radius 2 is 2.25 bits per heavy atom. The Hall–Kier alpha value is -0.940. The molecule has 0 aliphatic heterocycles. The molecule has 0 aliphatic rings. The molecule has 90 valence electrons. The standard InChI is InChI=1S/C11H19N3OS/c1-8-13-5-9(16-8)6-14(4)10(15)11(2,3)7-12/h5H,6-7,12H2,1-4H3. The third kappa shape index (κ3) is 3.02. The summed E-state index contributed by atoms with van der Waals surface area (Å²) in [5.41, 5.74) is 5.09. The molecule has 0 fully saturated rings. The fourth-order valence-electron chi connectivity index (χ4n) is 1.39. The van der Waals surface area contributed by atoms with Gasteiger partial charge in [0.1, 0.15) is 0 Å². The molecule has 0 spiro atoms. The van der Waals surface area contributed by atoms with Gasteiger partial charge in [0, 0.05) is 24.7 Å². The molecule has 4 nitrogen and oxygen atoms in total. The zero-order valence-corrected chi connectivity index (χ0v) is 11.1. The van der Waals surface area contributed by atoms with Gasteiger partial charge >= 0.3 is 0 Å². The average Bonchev–Trinajstić information content (AvgIpc) is 2.62. The Labute approximate surface area is 100 Å². The summed E-state index contributed by atoms with van der Waals surface area (Å²) in [6.07, 6.45) is 1.82. The van der Waals surface area contributed by atoms with E-state index in [1.54, 1.807) is 23.3 Å². The maximum absolute atomic E-state index is 12.0. The maximum atomic E-state index is 12.0. The quantitative estimate of drug-likeness (QED) is 0.866. The van der Waals surface area contributed by atoms with Crippen molar-refractivity contribution in [3.63, 3.8) is 0 Å². The van der Waals surface area contributed by atoms with Crippen molar-refractivity contribution in [3.05, 3.63) is 16.1 Å². The summed E-state index contributed by atoms with van der Waals surface area (Å²) < 4.78 is 0. The van der Waals surface area contributed by atoms with Crippen LogP contribution in [0.5, 0.6) is 0 Å². The molecule has 5 heteroatoms. The van der Waals surface area contributed by atoms with Crippen molar-refractivity contribution >= 4 is 17.2 Å². The monoisotopic (exact) mass is 241 g/mol. The van der Waals surface area contributed by atoms with E-state index in [4.69, 9.17) is 5.73 Å². The summed E-state index contributed by atoms with van der Waals surface area (Å²) in [5.74, 6) is 0.0704. The summed E-state index contributed by atoms with van der Waals surface area (Å²) in [4.78, 5) is 19.0. The molecule has 1 rings (SSSR count). The molecule has 16 heavy (non-hydrogen) atoms. The number of thiazole rings is 1. The van der Waals surface area contributed by atoms with Gasteiger partial charge in [0.25, 0.3) is 0 Å². The first-order valence-corrected chi connectivity index (χ1v) is 6.05. The Kier molecular flexibility index (Phi) is 4.04. The number of nitrogens with zero attached hydrogens (tertiary/aromatic N) is 2. The molecular formula is C11H19N3OS. The van der Waals surface area contributed by atoms with Crippen molar-refractivity contribution in [2.45, 2.75) is 27.3 Å². The van der Waals surface area contributed by atoms with E-state index in [1.807, 2.05) is 27.0 Å². The second-order valence-corrected chi connectivity index (χ2v) is 5.91. The molecule has 0 aliphatic carbocycles. The Bertz CT molecular complexity index is 373. The van der Waals surface area contributed by atoms with Gasteiger partial charge in [0.2, 0.25) is 5.91 Å². The first-order chi connectivity index (χ1) is 7.36. The molecular weight excluding hydrogens is 222 g/mol. The minimum atomic E-state index is -0.492. The molecule has 0 bridgehead atoms. The molecule has 1 aromatic rings. The lowest BCUT2D eigenvalue weighted by atomic mass is 9.92. The number of aromatic nitrogens is 1. The number of aryl methyl sites for hydroxylation is 1. The Balaban J connectivity index is 2.65. The summed E-state index contributed by atoms with van der Waals surface area (Å²) in [7, 11) is 1.80. The highest BCUT2D eigenvalue weighted by Crippen LogP contribution is 2.19. The topological polar surface area (TPSA) is 59.2 Å². The summed E-state index contributed by atoms with van der Waals surface area (Å²) in [6.45, 7) is 6.65. The Morgan fingerprint density at radius 3 is 2.69 bits per heavy atom. The van der Waals surface area contributed by atoms with Crippen LogP contribution in [0.3, 0.4) is 0 Å². The minimum Gasteiger partial charge on any atom is -0.340 e. The van der Waals surface area contributed by atoms with Crippen LogP contribution in [0.15, 0.2) is 6.20 Å². The molecule has 2 N–H and O–H groups in total. The molecule has 1 amide bonds. The normalized spacial score (nSPS) is 11.6. The van der Waals surface area contributed by atoms with E-state index in [1.165, 1.54) is 0 Å². The van der Waals surface area contributed by atoms with E-state index in [0.717, 1.165) is 9.88 Å². The summed E-state index contributed by atoms with van der Waals surface area (Å²) in [6, 6.07) is 0. The van der Waals surface area contributed by atoms with Gasteiger partial charge in [-0.1, -0.05) is 0 Å². The van der Waals surface area contributed by atoms with Crippen LogP contribution in [0, 0.1) is 12.3 Å².